The molecule has 0 atom stereocenters. The SMILES string of the molecule is CC(C)(N)CCNc1ccccc1C(F)(F)F. The minimum Gasteiger partial charge on any atom is -0.384 e. The second-order valence-corrected chi connectivity index (χ2v) is 4.71. The largest absolute Gasteiger partial charge is 0.418 e. The van der Waals surface area contributed by atoms with Crippen LogP contribution in [0.3, 0.4) is 0 Å². The van der Waals surface area contributed by atoms with Gasteiger partial charge in [0.05, 0.1) is 5.56 Å². The number of benzene rings is 1. The Labute approximate surface area is 99.0 Å². The van der Waals surface area contributed by atoms with Crippen molar-refractivity contribution >= 4 is 5.69 Å². The number of nitrogens with two attached hydrogens (primary N) is 1. The van der Waals surface area contributed by atoms with Gasteiger partial charge in [-0.1, -0.05) is 12.1 Å². The van der Waals surface area contributed by atoms with Crippen molar-refractivity contribution in [3.63, 3.8) is 0 Å². The Morgan fingerprint density at radius 3 is 2.29 bits per heavy atom. The summed E-state index contributed by atoms with van der Waals surface area (Å²) in [4.78, 5) is 0. The molecule has 0 aliphatic heterocycles. The van der Waals surface area contributed by atoms with Crippen LogP contribution in [-0.4, -0.2) is 12.1 Å². The molecule has 0 aromatic heterocycles. The van der Waals surface area contributed by atoms with Crippen molar-refractivity contribution in [2.75, 3.05) is 11.9 Å². The van der Waals surface area contributed by atoms with Crippen molar-refractivity contribution < 1.29 is 13.2 Å². The molecule has 2 nitrogen and oxygen atoms in total. The summed E-state index contributed by atoms with van der Waals surface area (Å²) in [6.45, 7) is 4.09. The molecular formula is C12H17F3N2. The lowest BCUT2D eigenvalue weighted by Gasteiger charge is -2.20. The average molecular weight is 246 g/mol. The standard InChI is InChI=1S/C12H17F3N2/c1-11(2,16)7-8-17-10-6-4-3-5-9(10)12(13,14)15/h3-6,17H,7-8,16H2,1-2H3. The van der Waals surface area contributed by atoms with Crippen LogP contribution in [0.15, 0.2) is 24.3 Å². The molecule has 0 aliphatic carbocycles. The predicted molar refractivity (Wildman–Crippen MR) is 62.8 cm³/mol. The lowest BCUT2D eigenvalue weighted by atomic mass is 10.0. The molecule has 0 saturated carbocycles. The Bertz CT molecular complexity index is 367. The van der Waals surface area contributed by atoms with Gasteiger partial charge in [0.25, 0.3) is 0 Å². The van der Waals surface area contributed by atoms with Crippen molar-refractivity contribution in [3.05, 3.63) is 29.8 Å². The van der Waals surface area contributed by atoms with Gasteiger partial charge in [-0.25, -0.2) is 0 Å². The molecule has 0 radical (unpaired) electrons. The second-order valence-electron chi connectivity index (χ2n) is 4.71. The van der Waals surface area contributed by atoms with Gasteiger partial charge in [-0.15, -0.1) is 0 Å². The highest BCUT2D eigenvalue weighted by Gasteiger charge is 2.33. The molecule has 1 aromatic carbocycles. The summed E-state index contributed by atoms with van der Waals surface area (Å²) in [5.41, 5.74) is 4.83. The third-order valence-electron chi connectivity index (χ3n) is 2.32. The Morgan fingerprint density at radius 1 is 1.18 bits per heavy atom. The molecule has 96 valence electrons. The topological polar surface area (TPSA) is 38.0 Å². The number of rotatable bonds is 4. The molecule has 1 aromatic rings. The summed E-state index contributed by atoms with van der Waals surface area (Å²) >= 11 is 0. The molecule has 1 rings (SSSR count). The van der Waals surface area contributed by atoms with Crippen molar-refractivity contribution in [3.8, 4) is 0 Å². The van der Waals surface area contributed by atoms with Crippen molar-refractivity contribution in [1.82, 2.24) is 0 Å². The van der Waals surface area contributed by atoms with Gasteiger partial charge < -0.3 is 11.1 Å². The highest BCUT2D eigenvalue weighted by atomic mass is 19.4. The van der Waals surface area contributed by atoms with Gasteiger partial charge in [-0.05, 0) is 32.4 Å². The van der Waals surface area contributed by atoms with Gasteiger partial charge in [0.2, 0.25) is 0 Å². The van der Waals surface area contributed by atoms with Crippen molar-refractivity contribution in [1.29, 1.82) is 0 Å². The van der Waals surface area contributed by atoms with Crippen LogP contribution in [0.5, 0.6) is 0 Å². The van der Waals surface area contributed by atoms with E-state index >= 15 is 0 Å². The third kappa shape index (κ3) is 4.65. The second kappa shape index (κ2) is 4.96. The summed E-state index contributed by atoms with van der Waals surface area (Å²) < 4.78 is 37.9. The normalized spacial score (nSPS) is 12.6. The van der Waals surface area contributed by atoms with Crippen LogP contribution in [0.4, 0.5) is 18.9 Å². The van der Waals surface area contributed by atoms with Crippen LogP contribution in [0.2, 0.25) is 0 Å². The minimum atomic E-state index is -4.33. The van der Waals surface area contributed by atoms with E-state index in [0.29, 0.717) is 13.0 Å². The van der Waals surface area contributed by atoms with E-state index in [1.54, 1.807) is 6.07 Å². The van der Waals surface area contributed by atoms with E-state index in [4.69, 9.17) is 5.73 Å². The molecule has 0 unspecified atom stereocenters. The number of nitrogens with one attached hydrogen (secondary N) is 1. The smallest absolute Gasteiger partial charge is 0.384 e. The molecule has 17 heavy (non-hydrogen) atoms. The molecular weight excluding hydrogens is 229 g/mol. The van der Waals surface area contributed by atoms with Crippen LogP contribution in [-0.2, 0) is 6.18 Å². The predicted octanol–water partition coefficient (Wildman–Crippen LogP) is 3.24. The maximum absolute atomic E-state index is 12.6. The highest BCUT2D eigenvalue weighted by Crippen LogP contribution is 2.34. The molecule has 0 fully saturated rings. The molecule has 0 spiro atoms. The fourth-order valence-corrected chi connectivity index (χ4v) is 1.40. The zero-order chi connectivity index (χ0) is 13.1. The number of halogens is 3. The number of hydrogen-bond acceptors (Lipinski definition) is 2. The van der Waals surface area contributed by atoms with Gasteiger partial charge >= 0.3 is 6.18 Å². The molecule has 0 bridgehead atoms. The molecule has 5 heteroatoms. The fourth-order valence-electron chi connectivity index (χ4n) is 1.40. The van der Waals surface area contributed by atoms with E-state index in [1.165, 1.54) is 12.1 Å². The number of hydrogen-bond donors (Lipinski definition) is 2. The lowest BCUT2D eigenvalue weighted by Crippen LogP contribution is -2.34. The number of para-hydroxylation sites is 1. The zero-order valence-electron chi connectivity index (χ0n) is 9.93. The van der Waals surface area contributed by atoms with Crippen LogP contribution in [0.1, 0.15) is 25.8 Å². The van der Waals surface area contributed by atoms with Gasteiger partial charge in [-0.3, -0.25) is 0 Å². The molecule has 0 saturated heterocycles. The van der Waals surface area contributed by atoms with Gasteiger partial charge in [-0.2, -0.15) is 13.2 Å². The fraction of sp³-hybridized carbons (Fsp3) is 0.500. The summed E-state index contributed by atoms with van der Waals surface area (Å²) in [5, 5.41) is 2.78. The molecule has 0 aliphatic rings. The van der Waals surface area contributed by atoms with E-state index in [0.717, 1.165) is 6.07 Å². The van der Waals surface area contributed by atoms with E-state index in [2.05, 4.69) is 5.32 Å². The maximum atomic E-state index is 12.6. The van der Waals surface area contributed by atoms with Gasteiger partial charge in [0.1, 0.15) is 0 Å². The van der Waals surface area contributed by atoms with Crippen LogP contribution >= 0.6 is 0 Å². The van der Waals surface area contributed by atoms with Gasteiger partial charge in [0, 0.05) is 17.8 Å². The summed E-state index contributed by atoms with van der Waals surface area (Å²) in [7, 11) is 0. The van der Waals surface area contributed by atoms with Crippen molar-refractivity contribution in [2.24, 2.45) is 5.73 Å². The Morgan fingerprint density at radius 2 is 1.76 bits per heavy atom. The Hall–Kier alpha value is -1.23. The molecule has 0 heterocycles. The van der Waals surface area contributed by atoms with Crippen LogP contribution in [0.25, 0.3) is 0 Å². The highest BCUT2D eigenvalue weighted by molar-refractivity contribution is 5.52. The number of anilines is 1. The van der Waals surface area contributed by atoms with Crippen LogP contribution in [0, 0.1) is 0 Å². The first-order valence-electron chi connectivity index (χ1n) is 5.39. The average Bonchev–Trinajstić information content (AvgIpc) is 2.15. The van der Waals surface area contributed by atoms with Gasteiger partial charge in [0.15, 0.2) is 0 Å². The maximum Gasteiger partial charge on any atom is 0.418 e. The van der Waals surface area contributed by atoms with Crippen molar-refractivity contribution in [2.45, 2.75) is 32.0 Å². The first kappa shape index (κ1) is 13.8. The third-order valence-corrected chi connectivity index (χ3v) is 2.32. The Kier molecular flexibility index (Phi) is 4.03. The number of alkyl halides is 3. The molecule has 3 N–H and O–H groups in total. The lowest BCUT2D eigenvalue weighted by molar-refractivity contribution is -0.136. The summed E-state index contributed by atoms with van der Waals surface area (Å²) in [5.74, 6) is 0. The minimum absolute atomic E-state index is 0.101. The summed E-state index contributed by atoms with van der Waals surface area (Å²) in [6.07, 6.45) is -3.74. The van der Waals surface area contributed by atoms with E-state index < -0.39 is 11.7 Å². The quantitative estimate of drug-likeness (QED) is 0.855. The van der Waals surface area contributed by atoms with E-state index in [9.17, 15) is 13.2 Å². The van der Waals surface area contributed by atoms with Crippen LogP contribution < -0.4 is 11.1 Å². The molecule has 0 amide bonds. The monoisotopic (exact) mass is 246 g/mol. The summed E-state index contributed by atoms with van der Waals surface area (Å²) in [6, 6.07) is 5.44. The Balaban J connectivity index is 2.72. The van der Waals surface area contributed by atoms with E-state index in [-0.39, 0.29) is 11.2 Å². The zero-order valence-corrected chi connectivity index (χ0v) is 9.93. The van der Waals surface area contributed by atoms with E-state index in [1.807, 2.05) is 13.8 Å². The first-order valence-corrected chi connectivity index (χ1v) is 5.39. The first-order chi connectivity index (χ1) is 7.70.